The molecule has 0 amide bonds. The average Bonchev–Trinajstić information content (AvgIpc) is 2.60. The molecule has 0 aliphatic rings. The summed E-state index contributed by atoms with van der Waals surface area (Å²) in [6.45, 7) is 0. The van der Waals surface area contributed by atoms with Crippen LogP contribution < -0.4 is 4.74 Å². The van der Waals surface area contributed by atoms with Crippen LogP contribution in [0.15, 0.2) is 71.7 Å². The van der Waals surface area contributed by atoms with E-state index >= 15 is 0 Å². The molecule has 0 radical (unpaired) electrons. The summed E-state index contributed by atoms with van der Waals surface area (Å²) in [7, 11) is 0. The molecule has 1 N–H and O–H groups in total. The maximum Gasteiger partial charge on any atom is 0.152 e. The van der Waals surface area contributed by atoms with Crippen LogP contribution in [-0.2, 0) is 0 Å². The van der Waals surface area contributed by atoms with Gasteiger partial charge < -0.3 is 9.84 Å². The smallest absolute Gasteiger partial charge is 0.152 e. The highest BCUT2D eigenvalue weighted by molar-refractivity contribution is 6.37. The zero-order valence-electron chi connectivity index (χ0n) is 12.5. The van der Waals surface area contributed by atoms with Gasteiger partial charge in [0.05, 0.1) is 15.7 Å². The molecule has 0 unspecified atom stereocenters. The Bertz CT molecular complexity index is 839. The third-order valence-electron chi connectivity index (χ3n) is 3.22. The van der Waals surface area contributed by atoms with Crippen molar-refractivity contribution in [3.05, 3.63) is 82.3 Å². The van der Waals surface area contributed by atoms with Crippen molar-refractivity contribution in [2.24, 2.45) is 4.99 Å². The van der Waals surface area contributed by atoms with E-state index in [1.807, 2.05) is 54.6 Å². The molecule has 0 aliphatic heterocycles. The zero-order valence-corrected chi connectivity index (χ0v) is 14.0. The first kappa shape index (κ1) is 16.4. The average molecular weight is 358 g/mol. The van der Waals surface area contributed by atoms with Gasteiger partial charge in [0, 0.05) is 6.21 Å². The SMILES string of the molecule is Oc1c(Cl)cc(N=Cc2ccc(Oc3ccccc3)cc2)cc1Cl. The summed E-state index contributed by atoms with van der Waals surface area (Å²) in [5.74, 6) is 1.39. The number of benzene rings is 3. The van der Waals surface area contributed by atoms with Gasteiger partial charge in [-0.25, -0.2) is 0 Å². The summed E-state index contributed by atoms with van der Waals surface area (Å²) >= 11 is 11.7. The highest BCUT2D eigenvalue weighted by atomic mass is 35.5. The zero-order chi connectivity index (χ0) is 16.9. The lowest BCUT2D eigenvalue weighted by molar-refractivity contribution is 0.476. The summed E-state index contributed by atoms with van der Waals surface area (Å²) in [6, 6.07) is 20.2. The first-order valence-electron chi connectivity index (χ1n) is 7.17. The van der Waals surface area contributed by atoms with E-state index in [9.17, 15) is 5.11 Å². The summed E-state index contributed by atoms with van der Waals surface area (Å²) in [6.07, 6.45) is 1.69. The van der Waals surface area contributed by atoms with Gasteiger partial charge in [0.25, 0.3) is 0 Å². The van der Waals surface area contributed by atoms with E-state index in [2.05, 4.69) is 4.99 Å². The van der Waals surface area contributed by atoms with Gasteiger partial charge in [0.15, 0.2) is 5.75 Å². The molecule has 0 heterocycles. The predicted octanol–water partition coefficient (Wildman–Crippen LogP) is 6.24. The van der Waals surface area contributed by atoms with Gasteiger partial charge in [-0.1, -0.05) is 41.4 Å². The molecule has 0 aromatic heterocycles. The number of phenols is 1. The van der Waals surface area contributed by atoms with Crippen molar-refractivity contribution in [3.63, 3.8) is 0 Å². The van der Waals surface area contributed by atoms with Crippen LogP contribution in [0.5, 0.6) is 17.2 Å². The number of nitrogens with zero attached hydrogens (tertiary/aromatic N) is 1. The fourth-order valence-electron chi connectivity index (χ4n) is 2.02. The number of aromatic hydroxyl groups is 1. The van der Waals surface area contributed by atoms with Gasteiger partial charge in [0.1, 0.15) is 11.5 Å². The molecule has 3 rings (SSSR count). The number of hydrogen-bond acceptors (Lipinski definition) is 3. The third-order valence-corrected chi connectivity index (χ3v) is 3.80. The number of ether oxygens (including phenoxy) is 1. The summed E-state index contributed by atoms with van der Waals surface area (Å²) in [4.78, 5) is 4.31. The van der Waals surface area contributed by atoms with Crippen molar-refractivity contribution >= 4 is 35.1 Å². The Labute approximate surface area is 149 Å². The van der Waals surface area contributed by atoms with Crippen molar-refractivity contribution in [2.75, 3.05) is 0 Å². The topological polar surface area (TPSA) is 41.8 Å². The number of halogens is 2. The van der Waals surface area contributed by atoms with Gasteiger partial charge >= 0.3 is 0 Å². The molecule has 0 fully saturated rings. The number of aliphatic imine (C=N–C) groups is 1. The molecule has 0 aliphatic carbocycles. The largest absolute Gasteiger partial charge is 0.505 e. The van der Waals surface area contributed by atoms with Crippen molar-refractivity contribution < 1.29 is 9.84 Å². The minimum absolute atomic E-state index is 0.139. The molecule has 5 heteroatoms. The first-order chi connectivity index (χ1) is 11.6. The Hall–Kier alpha value is -2.49. The van der Waals surface area contributed by atoms with Crippen LogP contribution in [0.4, 0.5) is 5.69 Å². The van der Waals surface area contributed by atoms with E-state index in [4.69, 9.17) is 27.9 Å². The second-order valence-electron chi connectivity index (χ2n) is 5.00. The van der Waals surface area contributed by atoms with Crippen LogP contribution in [0.25, 0.3) is 0 Å². The standard InChI is InChI=1S/C19H13Cl2NO2/c20-17-10-14(11-18(21)19(17)23)22-12-13-6-8-16(9-7-13)24-15-4-2-1-3-5-15/h1-12,23H. The molecular weight excluding hydrogens is 345 g/mol. The molecule has 24 heavy (non-hydrogen) atoms. The lowest BCUT2D eigenvalue weighted by Crippen LogP contribution is -1.85. The minimum Gasteiger partial charge on any atom is -0.505 e. The van der Waals surface area contributed by atoms with E-state index in [-0.39, 0.29) is 15.8 Å². The molecule has 0 saturated carbocycles. The second-order valence-corrected chi connectivity index (χ2v) is 5.81. The number of rotatable bonds is 4. The van der Waals surface area contributed by atoms with Crippen molar-refractivity contribution in [2.45, 2.75) is 0 Å². The Morgan fingerprint density at radius 3 is 2.04 bits per heavy atom. The highest BCUT2D eigenvalue weighted by Gasteiger charge is 2.05. The Morgan fingerprint density at radius 1 is 0.833 bits per heavy atom. The Balaban J connectivity index is 1.72. The van der Waals surface area contributed by atoms with Gasteiger partial charge in [-0.05, 0) is 54.1 Å². The van der Waals surface area contributed by atoms with Crippen LogP contribution >= 0.6 is 23.2 Å². The quantitative estimate of drug-likeness (QED) is 0.561. The van der Waals surface area contributed by atoms with Crippen LogP contribution in [-0.4, -0.2) is 11.3 Å². The normalized spacial score (nSPS) is 10.9. The van der Waals surface area contributed by atoms with Crippen molar-refractivity contribution in [1.29, 1.82) is 0 Å². The molecule has 0 bridgehead atoms. The summed E-state index contributed by atoms with van der Waals surface area (Å²) in [5.41, 5.74) is 1.46. The molecular formula is C19H13Cl2NO2. The van der Waals surface area contributed by atoms with Crippen LogP contribution in [0.1, 0.15) is 5.56 Å². The summed E-state index contributed by atoms with van der Waals surface area (Å²) < 4.78 is 5.73. The first-order valence-corrected chi connectivity index (χ1v) is 7.92. The lowest BCUT2D eigenvalue weighted by Gasteiger charge is -2.05. The highest BCUT2D eigenvalue weighted by Crippen LogP contribution is 2.35. The van der Waals surface area contributed by atoms with Gasteiger partial charge in [0.2, 0.25) is 0 Å². The van der Waals surface area contributed by atoms with Crippen molar-refractivity contribution in [3.8, 4) is 17.2 Å². The summed E-state index contributed by atoms with van der Waals surface area (Å²) in [5, 5.41) is 9.87. The van der Waals surface area contributed by atoms with E-state index in [0.29, 0.717) is 5.69 Å². The third kappa shape index (κ3) is 4.07. The lowest BCUT2D eigenvalue weighted by atomic mass is 10.2. The predicted molar refractivity (Wildman–Crippen MR) is 98.3 cm³/mol. The number of para-hydroxylation sites is 1. The molecule has 3 nitrogen and oxygen atoms in total. The van der Waals surface area contributed by atoms with Gasteiger partial charge in [-0.2, -0.15) is 0 Å². The van der Waals surface area contributed by atoms with E-state index in [1.54, 1.807) is 18.3 Å². The van der Waals surface area contributed by atoms with Crippen LogP contribution in [0.3, 0.4) is 0 Å². The maximum atomic E-state index is 9.54. The fraction of sp³-hybridized carbons (Fsp3) is 0. The van der Waals surface area contributed by atoms with Crippen molar-refractivity contribution in [1.82, 2.24) is 0 Å². The molecule has 0 atom stereocenters. The van der Waals surface area contributed by atoms with E-state index in [1.165, 1.54) is 0 Å². The minimum atomic E-state index is -0.139. The number of hydrogen-bond donors (Lipinski definition) is 1. The molecule has 0 spiro atoms. The Morgan fingerprint density at radius 2 is 1.42 bits per heavy atom. The van der Waals surface area contributed by atoms with E-state index < -0.39 is 0 Å². The van der Waals surface area contributed by atoms with Crippen LogP contribution in [0, 0.1) is 0 Å². The van der Waals surface area contributed by atoms with Crippen LogP contribution in [0.2, 0.25) is 10.0 Å². The Kier molecular flexibility index (Phi) is 5.04. The second kappa shape index (κ2) is 7.39. The van der Waals surface area contributed by atoms with E-state index in [0.717, 1.165) is 17.1 Å². The molecule has 0 saturated heterocycles. The molecule has 3 aromatic carbocycles. The monoisotopic (exact) mass is 357 g/mol. The number of phenolic OH excluding ortho intramolecular Hbond substituents is 1. The maximum absolute atomic E-state index is 9.54. The van der Waals surface area contributed by atoms with Gasteiger partial charge in [-0.3, -0.25) is 4.99 Å². The molecule has 3 aromatic rings. The fourth-order valence-corrected chi connectivity index (χ4v) is 2.50. The molecule has 120 valence electrons. The van der Waals surface area contributed by atoms with Gasteiger partial charge in [-0.15, -0.1) is 0 Å².